The van der Waals surface area contributed by atoms with Gasteiger partial charge >= 0.3 is 5.69 Å². The van der Waals surface area contributed by atoms with Crippen LogP contribution in [0.2, 0.25) is 0 Å². The van der Waals surface area contributed by atoms with Crippen molar-refractivity contribution in [2.45, 2.75) is 38.8 Å². The Bertz CT molecular complexity index is 539. The standard InChI is InChI=1S/C12H19N5O3/c1-3-9-10(17(19)20)11(12(13)18)16(14-9)7-8-5-4-6-15(8)2/h8H,3-7H2,1-2H3,(H2,13,18)/t8-/m0/s1. The molecule has 0 unspecified atom stereocenters. The number of likely N-dealkylation sites (tertiary alicyclic amines) is 1. The van der Waals surface area contributed by atoms with Crippen LogP contribution in [0.15, 0.2) is 0 Å². The number of hydrogen-bond donors (Lipinski definition) is 1. The maximum atomic E-state index is 11.6. The summed E-state index contributed by atoms with van der Waals surface area (Å²) in [6.07, 6.45) is 2.46. The lowest BCUT2D eigenvalue weighted by atomic mass is 10.2. The van der Waals surface area contributed by atoms with E-state index in [0.29, 0.717) is 18.7 Å². The number of rotatable bonds is 5. The maximum absolute atomic E-state index is 11.6. The molecule has 1 aliphatic heterocycles. The lowest BCUT2D eigenvalue weighted by molar-refractivity contribution is -0.385. The van der Waals surface area contributed by atoms with Crippen LogP contribution in [-0.2, 0) is 13.0 Å². The van der Waals surface area contributed by atoms with Crippen molar-refractivity contribution in [1.82, 2.24) is 14.7 Å². The molecule has 0 radical (unpaired) electrons. The zero-order valence-electron chi connectivity index (χ0n) is 11.7. The number of carbonyl (C=O) groups is 1. The Labute approximate surface area is 116 Å². The van der Waals surface area contributed by atoms with Gasteiger partial charge in [0.15, 0.2) is 0 Å². The van der Waals surface area contributed by atoms with Crippen molar-refractivity contribution >= 4 is 11.6 Å². The van der Waals surface area contributed by atoms with Crippen LogP contribution in [0.3, 0.4) is 0 Å². The van der Waals surface area contributed by atoms with E-state index in [1.54, 1.807) is 6.92 Å². The topological polar surface area (TPSA) is 107 Å². The quantitative estimate of drug-likeness (QED) is 0.626. The van der Waals surface area contributed by atoms with Crippen LogP contribution in [0.25, 0.3) is 0 Å². The Kier molecular flexibility index (Phi) is 4.03. The molecule has 110 valence electrons. The van der Waals surface area contributed by atoms with Crippen molar-refractivity contribution < 1.29 is 9.72 Å². The Morgan fingerprint density at radius 1 is 1.60 bits per heavy atom. The molecule has 1 aromatic rings. The Balaban J connectivity index is 2.41. The van der Waals surface area contributed by atoms with Gasteiger partial charge in [0, 0.05) is 6.04 Å². The van der Waals surface area contributed by atoms with E-state index in [4.69, 9.17) is 5.73 Å². The van der Waals surface area contributed by atoms with Crippen LogP contribution < -0.4 is 5.73 Å². The molecule has 2 N–H and O–H groups in total. The normalized spacial score (nSPS) is 19.4. The minimum atomic E-state index is -0.801. The third-order valence-corrected chi connectivity index (χ3v) is 3.80. The van der Waals surface area contributed by atoms with Crippen LogP contribution >= 0.6 is 0 Å². The Morgan fingerprint density at radius 2 is 2.30 bits per heavy atom. The van der Waals surface area contributed by atoms with Gasteiger partial charge in [0.1, 0.15) is 5.69 Å². The Morgan fingerprint density at radius 3 is 2.75 bits per heavy atom. The number of nitrogens with zero attached hydrogens (tertiary/aromatic N) is 4. The number of amides is 1. The molecular formula is C12H19N5O3. The molecule has 0 bridgehead atoms. The summed E-state index contributed by atoms with van der Waals surface area (Å²) in [5.74, 6) is -0.801. The Hall–Kier alpha value is -1.96. The SMILES string of the molecule is CCc1nn(C[C@@H]2CCCN2C)c(C(N)=O)c1[N+](=O)[O-]. The van der Waals surface area contributed by atoms with Crippen molar-refractivity contribution in [3.05, 3.63) is 21.5 Å². The predicted octanol–water partition coefficient (Wildman–Crippen LogP) is 0.547. The van der Waals surface area contributed by atoms with Gasteiger partial charge in [-0.15, -0.1) is 0 Å². The molecule has 1 amide bonds. The highest BCUT2D eigenvalue weighted by Gasteiger charge is 2.32. The lowest BCUT2D eigenvalue weighted by Gasteiger charge is -2.19. The molecular weight excluding hydrogens is 262 g/mol. The second kappa shape index (κ2) is 5.58. The second-order valence-electron chi connectivity index (χ2n) is 5.08. The van der Waals surface area contributed by atoms with E-state index in [9.17, 15) is 14.9 Å². The monoisotopic (exact) mass is 281 g/mol. The average molecular weight is 281 g/mol. The van der Waals surface area contributed by atoms with Gasteiger partial charge in [0.25, 0.3) is 5.91 Å². The third-order valence-electron chi connectivity index (χ3n) is 3.80. The summed E-state index contributed by atoms with van der Waals surface area (Å²) >= 11 is 0. The molecule has 1 atom stereocenters. The van der Waals surface area contributed by atoms with Crippen molar-refractivity contribution in [3.63, 3.8) is 0 Å². The van der Waals surface area contributed by atoms with Crippen LogP contribution in [0.4, 0.5) is 5.69 Å². The first-order valence-electron chi connectivity index (χ1n) is 6.69. The molecule has 1 aliphatic rings. The number of primary amides is 1. The smallest absolute Gasteiger partial charge is 0.323 e. The molecule has 20 heavy (non-hydrogen) atoms. The van der Waals surface area contributed by atoms with Crippen molar-refractivity contribution in [2.24, 2.45) is 5.73 Å². The fourth-order valence-electron chi connectivity index (χ4n) is 2.72. The van der Waals surface area contributed by atoms with E-state index in [1.807, 2.05) is 7.05 Å². The number of aromatic nitrogens is 2. The van der Waals surface area contributed by atoms with E-state index >= 15 is 0 Å². The maximum Gasteiger partial charge on any atom is 0.323 e. The highest BCUT2D eigenvalue weighted by Crippen LogP contribution is 2.25. The molecule has 2 heterocycles. The molecule has 0 saturated carbocycles. The van der Waals surface area contributed by atoms with E-state index in [2.05, 4.69) is 10.00 Å². The average Bonchev–Trinajstić information content (AvgIpc) is 2.94. The first kappa shape index (κ1) is 14.4. The largest absolute Gasteiger partial charge is 0.364 e. The van der Waals surface area contributed by atoms with Crippen molar-refractivity contribution in [1.29, 1.82) is 0 Å². The zero-order chi connectivity index (χ0) is 14.9. The van der Waals surface area contributed by atoms with Gasteiger partial charge in [-0.25, -0.2) is 0 Å². The van der Waals surface area contributed by atoms with Gasteiger partial charge in [-0.1, -0.05) is 6.92 Å². The van der Waals surface area contributed by atoms with Crippen LogP contribution in [0.5, 0.6) is 0 Å². The summed E-state index contributed by atoms with van der Waals surface area (Å²) in [4.78, 5) is 24.3. The van der Waals surface area contributed by atoms with Crippen LogP contribution in [-0.4, -0.2) is 45.1 Å². The lowest BCUT2D eigenvalue weighted by Crippen LogP contribution is -2.31. The summed E-state index contributed by atoms with van der Waals surface area (Å²) in [6, 6.07) is 0.234. The zero-order valence-corrected chi connectivity index (χ0v) is 11.7. The highest BCUT2D eigenvalue weighted by atomic mass is 16.6. The van der Waals surface area contributed by atoms with Gasteiger partial charge in [0.05, 0.1) is 11.5 Å². The first-order valence-corrected chi connectivity index (χ1v) is 6.69. The molecule has 0 aromatic carbocycles. The third kappa shape index (κ3) is 2.51. The summed E-state index contributed by atoms with van der Waals surface area (Å²) in [5.41, 5.74) is 5.28. The van der Waals surface area contributed by atoms with E-state index in [-0.39, 0.29) is 17.4 Å². The van der Waals surface area contributed by atoms with Gasteiger partial charge in [-0.05, 0) is 32.9 Å². The van der Waals surface area contributed by atoms with Crippen molar-refractivity contribution in [2.75, 3.05) is 13.6 Å². The molecule has 0 spiro atoms. The van der Waals surface area contributed by atoms with Crippen LogP contribution in [0.1, 0.15) is 35.9 Å². The molecule has 1 fully saturated rings. The van der Waals surface area contributed by atoms with Gasteiger partial charge in [-0.3, -0.25) is 19.6 Å². The summed E-state index contributed by atoms with van der Waals surface area (Å²) in [5, 5.41) is 15.4. The fraction of sp³-hybridized carbons (Fsp3) is 0.667. The molecule has 8 heteroatoms. The number of hydrogen-bond acceptors (Lipinski definition) is 5. The number of aryl methyl sites for hydroxylation is 1. The predicted molar refractivity (Wildman–Crippen MR) is 72.4 cm³/mol. The van der Waals surface area contributed by atoms with Crippen LogP contribution in [0, 0.1) is 10.1 Å². The number of carbonyl (C=O) groups excluding carboxylic acids is 1. The summed E-state index contributed by atoms with van der Waals surface area (Å²) < 4.78 is 1.41. The molecule has 8 nitrogen and oxygen atoms in total. The van der Waals surface area contributed by atoms with E-state index in [1.165, 1.54) is 4.68 Å². The van der Waals surface area contributed by atoms with Gasteiger partial charge < -0.3 is 10.6 Å². The number of nitro groups is 1. The van der Waals surface area contributed by atoms with Gasteiger partial charge in [-0.2, -0.15) is 5.10 Å². The molecule has 0 aliphatic carbocycles. The molecule has 1 saturated heterocycles. The minimum Gasteiger partial charge on any atom is -0.364 e. The van der Waals surface area contributed by atoms with Gasteiger partial charge in [0.2, 0.25) is 5.69 Å². The molecule has 1 aromatic heterocycles. The number of likely N-dealkylation sites (N-methyl/N-ethyl adjacent to an activating group) is 1. The fourth-order valence-corrected chi connectivity index (χ4v) is 2.72. The van der Waals surface area contributed by atoms with E-state index in [0.717, 1.165) is 19.4 Å². The first-order chi connectivity index (χ1) is 9.45. The number of nitrogens with two attached hydrogens (primary N) is 1. The second-order valence-corrected chi connectivity index (χ2v) is 5.08. The van der Waals surface area contributed by atoms with Crippen molar-refractivity contribution in [3.8, 4) is 0 Å². The van der Waals surface area contributed by atoms with E-state index < -0.39 is 10.8 Å². The highest BCUT2D eigenvalue weighted by molar-refractivity contribution is 5.95. The summed E-state index contributed by atoms with van der Waals surface area (Å²) in [6.45, 7) is 3.21. The molecule has 2 rings (SSSR count). The summed E-state index contributed by atoms with van der Waals surface area (Å²) in [7, 11) is 2.00. The minimum absolute atomic E-state index is 0.0906.